The van der Waals surface area contributed by atoms with Gasteiger partial charge in [-0.05, 0) is 48.6 Å². The molecule has 2 amide bonds. The van der Waals surface area contributed by atoms with Crippen molar-refractivity contribution in [3.63, 3.8) is 0 Å². The fourth-order valence-electron chi connectivity index (χ4n) is 2.58. The molecule has 0 aliphatic heterocycles. The number of hydrogen-bond acceptors (Lipinski definition) is 2. The SMILES string of the molecule is CCc1ccccc1NC(=O)N(Cc1ccncc1)C1CC1. The number of anilines is 1. The summed E-state index contributed by atoms with van der Waals surface area (Å²) < 4.78 is 0. The third-order valence-electron chi connectivity index (χ3n) is 3.99. The maximum Gasteiger partial charge on any atom is 0.322 e. The van der Waals surface area contributed by atoms with Crippen LogP contribution in [0.2, 0.25) is 0 Å². The van der Waals surface area contributed by atoms with Crippen LogP contribution in [0.5, 0.6) is 0 Å². The average Bonchev–Trinajstić information content (AvgIpc) is 3.39. The van der Waals surface area contributed by atoms with Crippen LogP contribution in [0.4, 0.5) is 10.5 Å². The van der Waals surface area contributed by atoms with Crippen LogP contribution in [0.1, 0.15) is 30.9 Å². The van der Waals surface area contributed by atoms with Gasteiger partial charge in [-0.15, -0.1) is 0 Å². The predicted molar refractivity (Wildman–Crippen MR) is 87.6 cm³/mol. The molecule has 1 fully saturated rings. The Morgan fingerprint density at radius 3 is 2.64 bits per heavy atom. The zero-order chi connectivity index (χ0) is 15.4. The predicted octanol–water partition coefficient (Wildman–Crippen LogP) is 3.84. The number of amides is 2. The van der Waals surface area contributed by atoms with E-state index in [-0.39, 0.29) is 6.03 Å². The van der Waals surface area contributed by atoms with Crippen molar-refractivity contribution in [2.45, 2.75) is 38.8 Å². The van der Waals surface area contributed by atoms with Crippen molar-refractivity contribution in [1.29, 1.82) is 0 Å². The Bertz CT molecular complexity index is 638. The molecule has 1 saturated carbocycles. The van der Waals surface area contributed by atoms with E-state index in [1.807, 2.05) is 35.2 Å². The molecule has 1 heterocycles. The molecule has 1 N–H and O–H groups in total. The van der Waals surface area contributed by atoms with Crippen LogP contribution in [0.15, 0.2) is 48.8 Å². The van der Waals surface area contributed by atoms with Gasteiger partial charge in [0.2, 0.25) is 0 Å². The van der Waals surface area contributed by atoms with E-state index in [9.17, 15) is 4.79 Å². The van der Waals surface area contributed by atoms with E-state index >= 15 is 0 Å². The number of benzene rings is 1. The highest BCUT2D eigenvalue weighted by Gasteiger charge is 2.32. The van der Waals surface area contributed by atoms with Crippen LogP contribution in [0.25, 0.3) is 0 Å². The van der Waals surface area contributed by atoms with E-state index in [1.54, 1.807) is 12.4 Å². The first-order valence-corrected chi connectivity index (χ1v) is 7.82. The molecule has 0 unspecified atom stereocenters. The summed E-state index contributed by atoms with van der Waals surface area (Å²) in [6, 6.07) is 12.3. The van der Waals surface area contributed by atoms with Gasteiger partial charge in [0.1, 0.15) is 0 Å². The van der Waals surface area contributed by atoms with Crippen LogP contribution in [-0.4, -0.2) is 22.0 Å². The van der Waals surface area contributed by atoms with Gasteiger partial charge >= 0.3 is 6.03 Å². The first kappa shape index (κ1) is 14.6. The van der Waals surface area contributed by atoms with Gasteiger partial charge in [0.05, 0.1) is 0 Å². The molecule has 4 heteroatoms. The van der Waals surface area contributed by atoms with Crippen molar-refractivity contribution in [3.05, 3.63) is 59.9 Å². The lowest BCUT2D eigenvalue weighted by Crippen LogP contribution is -2.36. The fraction of sp³-hybridized carbons (Fsp3) is 0.333. The lowest BCUT2D eigenvalue weighted by atomic mass is 10.1. The topological polar surface area (TPSA) is 45.2 Å². The highest BCUT2D eigenvalue weighted by molar-refractivity contribution is 5.90. The number of nitrogens with zero attached hydrogens (tertiary/aromatic N) is 2. The number of urea groups is 1. The van der Waals surface area contributed by atoms with E-state index in [2.05, 4.69) is 23.3 Å². The van der Waals surface area contributed by atoms with E-state index < -0.39 is 0 Å². The Morgan fingerprint density at radius 1 is 1.23 bits per heavy atom. The number of para-hydroxylation sites is 1. The minimum atomic E-state index is -0.0137. The maximum absolute atomic E-state index is 12.7. The quantitative estimate of drug-likeness (QED) is 0.911. The maximum atomic E-state index is 12.7. The molecular weight excluding hydrogens is 274 g/mol. The smallest absolute Gasteiger partial charge is 0.317 e. The van der Waals surface area contributed by atoms with Crippen molar-refractivity contribution in [3.8, 4) is 0 Å². The Labute approximate surface area is 131 Å². The van der Waals surface area contributed by atoms with Crippen molar-refractivity contribution >= 4 is 11.7 Å². The van der Waals surface area contributed by atoms with Crippen LogP contribution in [0, 0.1) is 0 Å². The summed E-state index contributed by atoms with van der Waals surface area (Å²) in [5, 5.41) is 3.07. The summed E-state index contributed by atoms with van der Waals surface area (Å²) >= 11 is 0. The summed E-state index contributed by atoms with van der Waals surface area (Å²) in [6.07, 6.45) is 6.63. The highest BCUT2D eigenvalue weighted by Crippen LogP contribution is 2.29. The average molecular weight is 295 g/mol. The molecule has 114 valence electrons. The third kappa shape index (κ3) is 3.45. The zero-order valence-electron chi connectivity index (χ0n) is 12.8. The number of nitrogens with one attached hydrogen (secondary N) is 1. The largest absolute Gasteiger partial charge is 0.322 e. The Hall–Kier alpha value is -2.36. The fourth-order valence-corrected chi connectivity index (χ4v) is 2.58. The van der Waals surface area contributed by atoms with E-state index in [1.165, 1.54) is 0 Å². The van der Waals surface area contributed by atoms with Crippen molar-refractivity contribution in [2.24, 2.45) is 0 Å². The lowest BCUT2D eigenvalue weighted by Gasteiger charge is -2.23. The summed E-state index contributed by atoms with van der Waals surface area (Å²) in [6.45, 7) is 2.73. The van der Waals surface area contributed by atoms with Crippen LogP contribution in [-0.2, 0) is 13.0 Å². The molecule has 22 heavy (non-hydrogen) atoms. The first-order chi connectivity index (χ1) is 10.8. The number of hydrogen-bond donors (Lipinski definition) is 1. The molecule has 3 rings (SSSR count). The molecule has 0 radical (unpaired) electrons. The third-order valence-corrected chi connectivity index (χ3v) is 3.99. The second kappa shape index (κ2) is 6.60. The van der Waals surface area contributed by atoms with Gasteiger partial charge in [-0.2, -0.15) is 0 Å². The first-order valence-electron chi connectivity index (χ1n) is 7.82. The number of rotatable bonds is 5. The molecular formula is C18H21N3O. The minimum Gasteiger partial charge on any atom is -0.317 e. The van der Waals surface area contributed by atoms with Gasteiger partial charge in [0.15, 0.2) is 0 Å². The highest BCUT2D eigenvalue weighted by atomic mass is 16.2. The second-order valence-corrected chi connectivity index (χ2v) is 5.66. The van der Waals surface area contributed by atoms with Crippen LogP contribution in [0.3, 0.4) is 0 Å². The molecule has 0 spiro atoms. The van der Waals surface area contributed by atoms with Crippen molar-refractivity contribution in [1.82, 2.24) is 9.88 Å². The molecule has 0 saturated heterocycles. The normalized spacial score (nSPS) is 13.7. The molecule has 1 aromatic heterocycles. The van der Waals surface area contributed by atoms with E-state index in [0.717, 1.165) is 36.1 Å². The summed E-state index contributed by atoms with van der Waals surface area (Å²) in [7, 11) is 0. The Balaban J connectivity index is 1.73. The van der Waals surface area contributed by atoms with Gasteiger partial charge in [-0.25, -0.2) is 4.79 Å². The number of carbonyl (C=O) groups is 1. The minimum absolute atomic E-state index is 0.0137. The zero-order valence-corrected chi connectivity index (χ0v) is 12.8. The van der Waals surface area contributed by atoms with Gasteiger partial charge in [-0.3, -0.25) is 4.98 Å². The molecule has 0 atom stereocenters. The van der Waals surface area contributed by atoms with Crippen LogP contribution < -0.4 is 5.32 Å². The van der Waals surface area contributed by atoms with Crippen LogP contribution >= 0.6 is 0 Å². The van der Waals surface area contributed by atoms with Gasteiger partial charge in [-0.1, -0.05) is 25.1 Å². The summed E-state index contributed by atoms with van der Waals surface area (Å²) in [4.78, 5) is 18.6. The molecule has 1 aromatic carbocycles. The summed E-state index contributed by atoms with van der Waals surface area (Å²) in [5.41, 5.74) is 3.19. The molecule has 1 aliphatic carbocycles. The van der Waals surface area contributed by atoms with Crippen molar-refractivity contribution in [2.75, 3.05) is 5.32 Å². The molecule has 1 aliphatic rings. The number of pyridine rings is 1. The molecule has 0 bridgehead atoms. The number of carbonyl (C=O) groups excluding carboxylic acids is 1. The Morgan fingerprint density at radius 2 is 1.95 bits per heavy atom. The lowest BCUT2D eigenvalue weighted by molar-refractivity contribution is 0.206. The second-order valence-electron chi connectivity index (χ2n) is 5.66. The molecule has 4 nitrogen and oxygen atoms in total. The van der Waals surface area contributed by atoms with Gasteiger partial charge in [0.25, 0.3) is 0 Å². The molecule has 2 aromatic rings. The standard InChI is InChI=1S/C18H21N3O/c1-2-15-5-3-4-6-17(15)20-18(22)21(16-7-8-16)13-14-9-11-19-12-10-14/h3-6,9-12,16H,2,7-8,13H2,1H3,(H,20,22). The van der Waals surface area contributed by atoms with E-state index in [4.69, 9.17) is 0 Å². The number of aryl methyl sites for hydroxylation is 1. The summed E-state index contributed by atoms with van der Waals surface area (Å²) in [5.74, 6) is 0. The van der Waals surface area contributed by atoms with Crippen molar-refractivity contribution < 1.29 is 4.79 Å². The van der Waals surface area contributed by atoms with Gasteiger partial charge in [0, 0.05) is 30.7 Å². The van der Waals surface area contributed by atoms with Gasteiger partial charge < -0.3 is 10.2 Å². The monoisotopic (exact) mass is 295 g/mol. The Kier molecular flexibility index (Phi) is 4.37. The van der Waals surface area contributed by atoms with E-state index in [0.29, 0.717) is 12.6 Å². The number of aromatic nitrogens is 1.